The second kappa shape index (κ2) is 12.2. The highest BCUT2D eigenvalue weighted by Crippen LogP contribution is 2.36. The van der Waals surface area contributed by atoms with Crippen LogP contribution in [0.2, 0.25) is 0 Å². The highest BCUT2D eigenvalue weighted by molar-refractivity contribution is 5.60. The Hall–Kier alpha value is -3.48. The predicted molar refractivity (Wildman–Crippen MR) is 141 cm³/mol. The van der Waals surface area contributed by atoms with Crippen LogP contribution in [0.5, 0.6) is 0 Å². The van der Waals surface area contributed by atoms with Crippen molar-refractivity contribution in [1.29, 1.82) is 0 Å². The van der Waals surface area contributed by atoms with Gasteiger partial charge in [0, 0.05) is 11.1 Å². The molecule has 0 aliphatic heterocycles. The average molecular weight is 505 g/mol. The first-order valence-corrected chi connectivity index (χ1v) is 12.5. The van der Waals surface area contributed by atoms with Gasteiger partial charge in [-0.15, -0.1) is 0 Å². The van der Waals surface area contributed by atoms with E-state index in [1.54, 1.807) is 18.2 Å². The minimum Gasteiger partial charge on any atom is -0.388 e. The van der Waals surface area contributed by atoms with E-state index in [1.165, 1.54) is 6.07 Å². The summed E-state index contributed by atoms with van der Waals surface area (Å²) < 4.78 is 41.5. The summed E-state index contributed by atoms with van der Waals surface area (Å²) in [5, 5.41) is 14.2. The number of benzene rings is 3. The number of pyridine rings is 1. The lowest BCUT2D eigenvalue weighted by atomic mass is 9.98. The lowest BCUT2D eigenvalue weighted by Gasteiger charge is -2.20. The molecule has 0 aliphatic carbocycles. The van der Waals surface area contributed by atoms with Crippen molar-refractivity contribution in [2.24, 2.45) is 0 Å². The summed E-state index contributed by atoms with van der Waals surface area (Å²) in [6.07, 6.45) is -4.39. The number of aryl methyl sites for hydroxylation is 1. The number of aliphatic hydroxyl groups excluding tert-OH is 1. The lowest BCUT2D eigenvalue weighted by molar-refractivity contribution is -0.142. The highest BCUT2D eigenvalue weighted by atomic mass is 19.4. The predicted octanol–water partition coefficient (Wildman–Crippen LogP) is 7.66. The fraction of sp³-hybridized carbons (Fsp3) is 0.258. The first-order valence-electron chi connectivity index (χ1n) is 12.5. The molecule has 1 aromatic heterocycles. The molecule has 4 aromatic rings. The topological polar surface area (TPSA) is 45.1 Å². The Morgan fingerprint density at radius 2 is 1.38 bits per heavy atom. The molecular formula is C31H31F3N2O. The van der Waals surface area contributed by atoms with Crippen molar-refractivity contribution in [3.8, 4) is 11.3 Å². The van der Waals surface area contributed by atoms with Crippen LogP contribution in [0.1, 0.15) is 59.4 Å². The van der Waals surface area contributed by atoms with Crippen molar-refractivity contribution in [2.75, 3.05) is 6.54 Å². The molecule has 3 aromatic carbocycles. The number of aliphatic hydroxyl groups is 1. The zero-order valence-corrected chi connectivity index (χ0v) is 20.7. The number of alkyl halides is 3. The number of aromatic nitrogens is 1. The Kier molecular flexibility index (Phi) is 8.74. The molecule has 4 rings (SSSR count). The van der Waals surface area contributed by atoms with Gasteiger partial charge in [0.25, 0.3) is 0 Å². The fourth-order valence-electron chi connectivity index (χ4n) is 4.43. The maximum Gasteiger partial charge on any atom is 0.433 e. The molecule has 0 aliphatic rings. The third kappa shape index (κ3) is 7.06. The number of nitrogens with zero attached hydrogens (tertiary/aromatic N) is 1. The smallest absolute Gasteiger partial charge is 0.388 e. The maximum atomic E-state index is 13.8. The van der Waals surface area contributed by atoms with E-state index in [9.17, 15) is 18.3 Å². The van der Waals surface area contributed by atoms with Crippen LogP contribution in [-0.4, -0.2) is 16.6 Å². The van der Waals surface area contributed by atoms with Crippen molar-refractivity contribution in [3.63, 3.8) is 0 Å². The normalized spacial score (nSPS) is 12.6. The van der Waals surface area contributed by atoms with Crippen LogP contribution < -0.4 is 5.32 Å². The average Bonchev–Trinajstić information content (AvgIpc) is 2.91. The van der Waals surface area contributed by atoms with Crippen LogP contribution in [-0.2, 0) is 6.18 Å². The Morgan fingerprint density at radius 3 is 1.95 bits per heavy atom. The van der Waals surface area contributed by atoms with E-state index in [0.717, 1.165) is 16.7 Å². The molecule has 3 nitrogen and oxygen atoms in total. The van der Waals surface area contributed by atoms with Crippen LogP contribution in [0.3, 0.4) is 0 Å². The van der Waals surface area contributed by atoms with Crippen molar-refractivity contribution >= 4 is 0 Å². The zero-order valence-electron chi connectivity index (χ0n) is 20.7. The van der Waals surface area contributed by atoms with Crippen LogP contribution in [0.4, 0.5) is 13.2 Å². The van der Waals surface area contributed by atoms with Crippen molar-refractivity contribution < 1.29 is 18.3 Å². The minimum absolute atomic E-state index is 0.0164. The summed E-state index contributed by atoms with van der Waals surface area (Å²) >= 11 is 0. The number of hydrogen-bond donors (Lipinski definition) is 2. The molecule has 0 saturated heterocycles. The van der Waals surface area contributed by atoms with Gasteiger partial charge >= 0.3 is 6.18 Å². The Labute approximate surface area is 216 Å². The van der Waals surface area contributed by atoms with Gasteiger partial charge in [-0.05, 0) is 49.9 Å². The fourth-order valence-corrected chi connectivity index (χ4v) is 4.43. The molecule has 0 saturated carbocycles. The van der Waals surface area contributed by atoms with E-state index in [-0.39, 0.29) is 23.7 Å². The van der Waals surface area contributed by atoms with Gasteiger partial charge in [0.1, 0.15) is 0 Å². The van der Waals surface area contributed by atoms with Crippen LogP contribution in [0.25, 0.3) is 11.3 Å². The van der Waals surface area contributed by atoms with Gasteiger partial charge in [-0.3, -0.25) is 0 Å². The van der Waals surface area contributed by atoms with Gasteiger partial charge in [-0.2, -0.15) is 13.2 Å². The van der Waals surface area contributed by atoms with Gasteiger partial charge in [-0.1, -0.05) is 96.6 Å². The zero-order chi connectivity index (χ0) is 26.3. The van der Waals surface area contributed by atoms with Crippen molar-refractivity contribution in [2.45, 2.75) is 44.5 Å². The molecule has 37 heavy (non-hydrogen) atoms. The second-order valence-corrected chi connectivity index (χ2v) is 9.22. The minimum atomic E-state index is -4.66. The van der Waals surface area contributed by atoms with Gasteiger partial charge in [-0.25, -0.2) is 4.98 Å². The number of unbranched alkanes of at least 4 members (excludes halogenated alkanes) is 1. The number of halogens is 3. The summed E-state index contributed by atoms with van der Waals surface area (Å²) in [7, 11) is 0. The van der Waals surface area contributed by atoms with Gasteiger partial charge < -0.3 is 10.4 Å². The Balaban J connectivity index is 1.39. The molecule has 0 amide bonds. The van der Waals surface area contributed by atoms with E-state index < -0.39 is 18.0 Å². The second-order valence-electron chi connectivity index (χ2n) is 9.22. The van der Waals surface area contributed by atoms with Crippen LogP contribution >= 0.6 is 0 Å². The Morgan fingerprint density at radius 1 is 0.784 bits per heavy atom. The van der Waals surface area contributed by atoms with Crippen molar-refractivity contribution in [1.82, 2.24) is 10.3 Å². The Bertz CT molecular complexity index is 1220. The van der Waals surface area contributed by atoms with E-state index in [2.05, 4.69) is 34.6 Å². The van der Waals surface area contributed by atoms with Crippen LogP contribution in [0, 0.1) is 6.92 Å². The number of rotatable bonds is 10. The van der Waals surface area contributed by atoms with Crippen LogP contribution in [0.15, 0.2) is 97.1 Å². The SMILES string of the molecule is Cc1ccc(-c2ccc(C(O)CCCCNC(c3ccccc3)c3ccccc3)c(C(F)(F)F)n2)cc1. The van der Waals surface area contributed by atoms with E-state index in [4.69, 9.17) is 0 Å². The molecular weight excluding hydrogens is 473 g/mol. The molecule has 6 heteroatoms. The molecule has 0 fully saturated rings. The third-order valence-corrected chi connectivity index (χ3v) is 6.42. The molecule has 0 radical (unpaired) electrons. The summed E-state index contributed by atoms with van der Waals surface area (Å²) in [6, 6.07) is 30.3. The first kappa shape index (κ1) is 26.6. The summed E-state index contributed by atoms with van der Waals surface area (Å²) in [5.74, 6) is 0. The molecule has 0 spiro atoms. The van der Waals surface area contributed by atoms with Gasteiger partial charge in [0.05, 0.1) is 17.8 Å². The molecule has 1 heterocycles. The summed E-state index contributed by atoms with van der Waals surface area (Å²) in [4.78, 5) is 3.90. The summed E-state index contributed by atoms with van der Waals surface area (Å²) in [5.41, 5.74) is 2.94. The molecule has 2 N–H and O–H groups in total. The quantitative estimate of drug-likeness (QED) is 0.218. The molecule has 1 unspecified atom stereocenters. The standard InChI is InChI=1S/C31H31F3N2O/c1-22-15-17-23(18-16-22)27-20-19-26(30(36-27)31(32,33)34)28(37)14-8-9-21-35-29(24-10-4-2-5-11-24)25-12-6-3-7-13-25/h2-7,10-13,15-20,28-29,35,37H,8-9,14,21H2,1H3. The molecule has 0 bridgehead atoms. The van der Waals surface area contributed by atoms with Gasteiger partial charge in [0.2, 0.25) is 0 Å². The molecule has 192 valence electrons. The first-order chi connectivity index (χ1) is 17.8. The van der Waals surface area contributed by atoms with E-state index in [0.29, 0.717) is 24.9 Å². The number of hydrogen-bond acceptors (Lipinski definition) is 3. The monoisotopic (exact) mass is 504 g/mol. The van der Waals surface area contributed by atoms with E-state index >= 15 is 0 Å². The highest BCUT2D eigenvalue weighted by Gasteiger charge is 2.37. The third-order valence-electron chi connectivity index (χ3n) is 6.42. The largest absolute Gasteiger partial charge is 0.433 e. The summed E-state index contributed by atoms with van der Waals surface area (Å²) in [6.45, 7) is 2.58. The number of nitrogens with one attached hydrogen (secondary N) is 1. The maximum absolute atomic E-state index is 13.8. The lowest BCUT2D eigenvalue weighted by Crippen LogP contribution is -2.23. The van der Waals surface area contributed by atoms with Crippen molar-refractivity contribution in [3.05, 3.63) is 125 Å². The van der Waals surface area contributed by atoms with E-state index in [1.807, 2.05) is 55.5 Å². The van der Waals surface area contributed by atoms with Gasteiger partial charge in [0.15, 0.2) is 5.69 Å². The molecule has 1 atom stereocenters.